The molecule has 4 atom stereocenters. The van der Waals surface area contributed by atoms with E-state index in [4.69, 9.17) is 19.4 Å². The molecule has 13 nitrogen and oxygen atoms in total. The second kappa shape index (κ2) is 16.9. The summed E-state index contributed by atoms with van der Waals surface area (Å²) in [5, 5.41) is 6.37. The molecule has 58 heavy (non-hydrogen) atoms. The van der Waals surface area contributed by atoms with Gasteiger partial charge in [0, 0.05) is 78.6 Å². The van der Waals surface area contributed by atoms with Gasteiger partial charge in [0.25, 0.3) is 5.91 Å². The fourth-order valence-electron chi connectivity index (χ4n) is 8.80. The van der Waals surface area contributed by atoms with Crippen LogP contribution in [0, 0.1) is 11.3 Å². The lowest BCUT2D eigenvalue weighted by Gasteiger charge is -2.36. The first-order chi connectivity index (χ1) is 27.7. The SMILES string of the molecule is CCn1c(-c2cccnc2[C@H](C)OC)c2c3cc(ccc31)-c1nc3c(s1)CCCC(=O)N(C)[C@@H](C(C)C)C(=O)N[C@@H](C3)C(=O)N1CCC[C@H](N1)C(=O)OCC(C)(C)C2. The molecule has 1 fully saturated rings. The van der Waals surface area contributed by atoms with Crippen molar-refractivity contribution >= 4 is 45.9 Å². The Labute approximate surface area is 344 Å². The maximum absolute atomic E-state index is 14.5. The van der Waals surface area contributed by atoms with E-state index in [0.29, 0.717) is 45.2 Å². The molecule has 0 spiro atoms. The van der Waals surface area contributed by atoms with Crippen LogP contribution in [0.1, 0.15) is 95.2 Å². The van der Waals surface area contributed by atoms with Crippen LogP contribution in [0.15, 0.2) is 36.5 Å². The third-order valence-corrected chi connectivity index (χ3v) is 13.1. The lowest BCUT2D eigenvalue weighted by molar-refractivity contribution is -0.155. The first-order valence-electron chi connectivity index (χ1n) is 20.6. The Morgan fingerprint density at radius 3 is 2.60 bits per heavy atom. The molecule has 3 amide bonds. The fraction of sp³-hybridized carbons (Fsp3) is 0.545. The topological polar surface area (TPSA) is 148 Å². The number of carbonyl (C=O) groups excluding carboxylic acids is 4. The van der Waals surface area contributed by atoms with Gasteiger partial charge in [-0.3, -0.25) is 29.2 Å². The van der Waals surface area contributed by atoms with Crippen molar-refractivity contribution in [1.29, 1.82) is 0 Å². The van der Waals surface area contributed by atoms with Gasteiger partial charge in [-0.15, -0.1) is 11.3 Å². The van der Waals surface area contributed by atoms with Crippen molar-refractivity contribution in [3.05, 3.63) is 58.4 Å². The third kappa shape index (κ3) is 8.15. The van der Waals surface area contributed by atoms with E-state index in [2.05, 4.69) is 60.3 Å². The van der Waals surface area contributed by atoms with Gasteiger partial charge in [0.1, 0.15) is 23.1 Å². The van der Waals surface area contributed by atoms with Gasteiger partial charge in [-0.2, -0.15) is 0 Å². The van der Waals surface area contributed by atoms with Crippen LogP contribution in [0.2, 0.25) is 0 Å². The van der Waals surface area contributed by atoms with Crippen molar-refractivity contribution in [2.75, 3.05) is 27.3 Å². The first kappa shape index (κ1) is 41.5. The number of amides is 3. The van der Waals surface area contributed by atoms with Gasteiger partial charge >= 0.3 is 5.97 Å². The molecular formula is C44H57N7O6S. The van der Waals surface area contributed by atoms with Crippen LogP contribution < -0.4 is 10.7 Å². The lowest BCUT2D eigenvalue weighted by atomic mass is 9.84. The van der Waals surface area contributed by atoms with Gasteiger partial charge < -0.3 is 24.3 Å². The zero-order chi connectivity index (χ0) is 41.5. The number of aromatic nitrogens is 3. The number of methoxy groups -OCH3 is 1. The Bertz CT molecular complexity index is 2210. The molecule has 1 aromatic carbocycles. The molecule has 3 aliphatic rings. The Morgan fingerprint density at radius 1 is 1.07 bits per heavy atom. The highest BCUT2D eigenvalue weighted by molar-refractivity contribution is 7.15. The molecule has 3 aliphatic heterocycles. The highest BCUT2D eigenvalue weighted by Gasteiger charge is 2.38. The molecule has 0 unspecified atom stereocenters. The van der Waals surface area contributed by atoms with Crippen LogP contribution in [0.5, 0.6) is 0 Å². The molecule has 7 bridgehead atoms. The van der Waals surface area contributed by atoms with Gasteiger partial charge in [0.15, 0.2) is 0 Å². The van der Waals surface area contributed by atoms with Crippen molar-refractivity contribution in [3.63, 3.8) is 0 Å². The molecule has 0 saturated carbocycles. The van der Waals surface area contributed by atoms with Gasteiger partial charge in [0.05, 0.1) is 29.8 Å². The number of nitrogens with zero attached hydrogens (tertiary/aromatic N) is 5. The normalized spacial score (nSPS) is 22.7. The summed E-state index contributed by atoms with van der Waals surface area (Å²) in [6.07, 6.45) is 4.84. The van der Waals surface area contributed by atoms with Crippen molar-refractivity contribution in [1.82, 2.24) is 35.2 Å². The molecule has 6 heterocycles. The van der Waals surface area contributed by atoms with Crippen LogP contribution in [-0.4, -0.2) is 93.6 Å². The Morgan fingerprint density at radius 2 is 1.86 bits per heavy atom. The van der Waals surface area contributed by atoms with Crippen LogP contribution in [0.3, 0.4) is 0 Å². The van der Waals surface area contributed by atoms with E-state index >= 15 is 0 Å². The number of nitrogens with one attached hydrogen (secondary N) is 2. The van der Waals surface area contributed by atoms with E-state index in [1.54, 1.807) is 31.7 Å². The number of hydrogen-bond donors (Lipinski definition) is 2. The molecule has 2 N–H and O–H groups in total. The van der Waals surface area contributed by atoms with Crippen LogP contribution in [0.25, 0.3) is 32.7 Å². The summed E-state index contributed by atoms with van der Waals surface area (Å²) in [5.41, 5.74) is 9.39. The average Bonchev–Trinajstić information content (AvgIpc) is 3.75. The number of rotatable bonds is 5. The standard InChI is InChI=1S/C44H57N7O6S/c1-9-50-34-18-17-27-21-29(34)30(39(50)28-13-11-19-45-37(28)26(4)56-8)23-44(5,6)24-57-43(55)31-14-12-20-51(48-31)42(54)33-22-32-35(58-41(27)47-32)15-10-16-36(52)49(7)38(25(2)3)40(53)46-33/h11,13,17-19,21,25-26,31,33,38,48H,9-10,12,14-16,20,22-24H2,1-8H3,(H,46,53)/t26-,31-,33-,38-/m0/s1. The third-order valence-electron chi connectivity index (χ3n) is 11.9. The molecule has 1 saturated heterocycles. The molecule has 0 aliphatic carbocycles. The Kier molecular flexibility index (Phi) is 12.1. The summed E-state index contributed by atoms with van der Waals surface area (Å²) in [4.78, 5) is 68.4. The molecule has 0 radical (unpaired) electrons. The summed E-state index contributed by atoms with van der Waals surface area (Å²) in [5.74, 6) is -1.51. The molecule has 4 aromatic rings. The number of benzene rings is 1. The summed E-state index contributed by atoms with van der Waals surface area (Å²) in [7, 11) is 3.36. The number of cyclic esters (lactones) is 1. The molecule has 3 aromatic heterocycles. The number of esters is 1. The summed E-state index contributed by atoms with van der Waals surface area (Å²) < 4.78 is 14.2. The van der Waals surface area contributed by atoms with Gasteiger partial charge in [-0.05, 0) is 87.8 Å². The minimum atomic E-state index is -0.996. The van der Waals surface area contributed by atoms with Crippen LogP contribution >= 0.6 is 11.3 Å². The number of carbonyl (C=O) groups is 4. The molecule has 7 rings (SSSR count). The number of ether oxygens (including phenoxy) is 2. The predicted octanol–water partition coefficient (Wildman–Crippen LogP) is 6.02. The van der Waals surface area contributed by atoms with E-state index < -0.39 is 35.4 Å². The number of pyridine rings is 1. The Hall–Kier alpha value is -4.66. The Balaban J connectivity index is 1.43. The van der Waals surface area contributed by atoms with E-state index in [1.807, 2.05) is 26.8 Å². The maximum Gasteiger partial charge on any atom is 0.324 e. The summed E-state index contributed by atoms with van der Waals surface area (Å²) >= 11 is 1.57. The summed E-state index contributed by atoms with van der Waals surface area (Å²) in [6.45, 7) is 13.4. The highest BCUT2D eigenvalue weighted by atomic mass is 32.1. The first-order valence-corrected chi connectivity index (χ1v) is 21.4. The molecular weight excluding hydrogens is 755 g/mol. The summed E-state index contributed by atoms with van der Waals surface area (Å²) in [6, 6.07) is 8.02. The van der Waals surface area contributed by atoms with Crippen molar-refractivity contribution in [3.8, 4) is 21.8 Å². The van der Waals surface area contributed by atoms with Gasteiger partial charge in [0.2, 0.25) is 11.8 Å². The van der Waals surface area contributed by atoms with Crippen LogP contribution in [-0.2, 0) is 54.5 Å². The number of hydrogen-bond acceptors (Lipinski definition) is 10. The van der Waals surface area contributed by atoms with Crippen LogP contribution in [0.4, 0.5) is 0 Å². The van der Waals surface area contributed by atoms with Crippen molar-refractivity contribution < 1.29 is 28.7 Å². The number of thiazole rings is 1. The fourth-order valence-corrected chi connectivity index (χ4v) is 9.92. The van der Waals surface area contributed by atoms with E-state index in [1.165, 1.54) is 9.91 Å². The second-order valence-corrected chi connectivity index (χ2v) is 18.2. The smallest absolute Gasteiger partial charge is 0.324 e. The monoisotopic (exact) mass is 811 g/mol. The zero-order valence-corrected chi connectivity index (χ0v) is 35.8. The lowest BCUT2D eigenvalue weighted by Crippen LogP contribution is -2.62. The number of aryl methyl sites for hydroxylation is 2. The van der Waals surface area contributed by atoms with Crippen molar-refractivity contribution in [2.45, 2.75) is 117 Å². The molecule has 14 heteroatoms. The zero-order valence-electron chi connectivity index (χ0n) is 35.0. The molecule has 310 valence electrons. The maximum atomic E-state index is 14.5. The quantitative estimate of drug-likeness (QED) is 0.231. The minimum Gasteiger partial charge on any atom is -0.464 e. The van der Waals surface area contributed by atoms with Gasteiger partial charge in [-0.1, -0.05) is 27.7 Å². The van der Waals surface area contributed by atoms with E-state index in [9.17, 15) is 19.2 Å². The number of likely N-dealkylation sites (N-methyl/N-ethyl adjacent to an activating group) is 1. The minimum absolute atomic E-state index is 0.123. The second-order valence-electron chi connectivity index (χ2n) is 17.1. The predicted molar refractivity (Wildman–Crippen MR) is 224 cm³/mol. The van der Waals surface area contributed by atoms with E-state index in [0.717, 1.165) is 54.6 Å². The number of fused-ring (bicyclic) bond motifs is 6. The largest absolute Gasteiger partial charge is 0.464 e. The van der Waals surface area contributed by atoms with Gasteiger partial charge in [-0.25, -0.2) is 10.4 Å². The van der Waals surface area contributed by atoms with Crippen molar-refractivity contribution in [2.24, 2.45) is 11.3 Å². The van der Waals surface area contributed by atoms with E-state index in [-0.39, 0.29) is 43.3 Å². The number of hydrazine groups is 1. The average molecular weight is 812 g/mol. The highest BCUT2D eigenvalue weighted by Crippen LogP contribution is 2.42.